The van der Waals surface area contributed by atoms with E-state index in [-0.39, 0.29) is 5.82 Å². The molecular formula is C17H19FO. The molecule has 0 amide bonds. The van der Waals surface area contributed by atoms with Crippen molar-refractivity contribution in [3.05, 3.63) is 70.5 Å². The minimum Gasteiger partial charge on any atom is -0.388 e. The van der Waals surface area contributed by atoms with Gasteiger partial charge in [-0.15, -0.1) is 0 Å². The molecule has 0 bridgehead atoms. The van der Waals surface area contributed by atoms with Crippen LogP contribution in [0.25, 0.3) is 0 Å². The molecule has 0 radical (unpaired) electrons. The third-order valence-corrected chi connectivity index (χ3v) is 3.37. The number of aliphatic hydroxyl groups is 1. The second-order valence-corrected chi connectivity index (χ2v) is 5.05. The van der Waals surface area contributed by atoms with E-state index in [0.717, 1.165) is 6.42 Å². The Hall–Kier alpha value is -1.67. The van der Waals surface area contributed by atoms with E-state index in [1.165, 1.54) is 17.2 Å². The molecule has 0 aliphatic heterocycles. The summed E-state index contributed by atoms with van der Waals surface area (Å²) in [5, 5.41) is 10.1. The fourth-order valence-corrected chi connectivity index (χ4v) is 2.15. The summed E-state index contributed by atoms with van der Waals surface area (Å²) in [6.07, 6.45) is 0.778. The van der Waals surface area contributed by atoms with E-state index >= 15 is 0 Å². The largest absolute Gasteiger partial charge is 0.388 e. The molecule has 0 aliphatic rings. The van der Waals surface area contributed by atoms with Gasteiger partial charge in [0.1, 0.15) is 5.82 Å². The molecule has 1 atom stereocenters. The average Bonchev–Trinajstić information content (AvgIpc) is 2.39. The van der Waals surface area contributed by atoms with Crippen LogP contribution in [0.15, 0.2) is 42.5 Å². The molecule has 0 saturated heterocycles. The first-order chi connectivity index (χ1) is 9.06. The fraction of sp³-hybridized carbons (Fsp3) is 0.294. The second-order valence-electron chi connectivity index (χ2n) is 5.05. The van der Waals surface area contributed by atoms with Crippen molar-refractivity contribution in [2.45, 2.75) is 32.8 Å². The van der Waals surface area contributed by atoms with Gasteiger partial charge in [-0.05, 0) is 49.4 Å². The van der Waals surface area contributed by atoms with Gasteiger partial charge in [0.05, 0.1) is 6.10 Å². The number of halogens is 1. The molecule has 1 N–H and O–H groups in total. The van der Waals surface area contributed by atoms with Gasteiger partial charge in [0.2, 0.25) is 0 Å². The predicted octanol–water partition coefficient (Wildman–Crippen LogP) is 4.11. The summed E-state index contributed by atoms with van der Waals surface area (Å²) in [6, 6.07) is 13.2. The Bertz CT molecular complexity index is 563. The Morgan fingerprint density at radius 3 is 2.58 bits per heavy atom. The molecule has 2 rings (SSSR count). The molecular weight excluding hydrogens is 239 g/mol. The van der Waals surface area contributed by atoms with Crippen molar-refractivity contribution in [3.63, 3.8) is 0 Å². The second kappa shape index (κ2) is 5.98. The average molecular weight is 258 g/mol. The lowest BCUT2D eigenvalue weighted by Gasteiger charge is -2.12. The molecule has 0 heterocycles. The topological polar surface area (TPSA) is 20.2 Å². The van der Waals surface area contributed by atoms with E-state index in [1.54, 1.807) is 19.1 Å². The van der Waals surface area contributed by atoms with Crippen LogP contribution in [0.4, 0.5) is 4.39 Å². The van der Waals surface area contributed by atoms with Crippen molar-refractivity contribution in [2.75, 3.05) is 0 Å². The minimum atomic E-state index is -0.615. The highest BCUT2D eigenvalue weighted by molar-refractivity contribution is 5.26. The zero-order valence-corrected chi connectivity index (χ0v) is 11.4. The van der Waals surface area contributed by atoms with E-state index in [4.69, 9.17) is 0 Å². The van der Waals surface area contributed by atoms with E-state index in [2.05, 4.69) is 25.1 Å². The molecule has 19 heavy (non-hydrogen) atoms. The van der Waals surface area contributed by atoms with Gasteiger partial charge in [-0.1, -0.05) is 42.0 Å². The maximum Gasteiger partial charge on any atom is 0.126 e. The van der Waals surface area contributed by atoms with Gasteiger partial charge in [-0.25, -0.2) is 4.39 Å². The molecule has 2 aromatic carbocycles. The first-order valence-corrected chi connectivity index (χ1v) is 6.56. The van der Waals surface area contributed by atoms with Crippen LogP contribution in [0.5, 0.6) is 0 Å². The summed E-state index contributed by atoms with van der Waals surface area (Å²) < 4.78 is 13.4. The van der Waals surface area contributed by atoms with Gasteiger partial charge < -0.3 is 5.11 Å². The van der Waals surface area contributed by atoms with E-state index in [9.17, 15) is 9.50 Å². The predicted molar refractivity (Wildman–Crippen MR) is 75.6 cm³/mol. The van der Waals surface area contributed by atoms with Crippen LogP contribution in [0, 0.1) is 19.7 Å². The third-order valence-electron chi connectivity index (χ3n) is 3.37. The third kappa shape index (κ3) is 3.65. The van der Waals surface area contributed by atoms with Crippen molar-refractivity contribution >= 4 is 0 Å². The molecule has 100 valence electrons. The summed E-state index contributed by atoms with van der Waals surface area (Å²) in [6.45, 7) is 3.77. The lowest BCUT2D eigenvalue weighted by Crippen LogP contribution is -2.01. The molecule has 0 aliphatic carbocycles. The van der Waals surface area contributed by atoms with Crippen molar-refractivity contribution in [1.82, 2.24) is 0 Å². The van der Waals surface area contributed by atoms with Crippen LogP contribution in [0.1, 0.15) is 34.8 Å². The van der Waals surface area contributed by atoms with Crippen molar-refractivity contribution < 1.29 is 9.50 Å². The number of hydrogen-bond donors (Lipinski definition) is 1. The van der Waals surface area contributed by atoms with Crippen LogP contribution in [-0.4, -0.2) is 5.11 Å². The SMILES string of the molecule is Cc1cccc(CCC(O)c2ccc(C)c(F)c2)c1. The number of rotatable bonds is 4. The lowest BCUT2D eigenvalue weighted by atomic mass is 9.99. The summed E-state index contributed by atoms with van der Waals surface area (Å²) in [7, 11) is 0. The van der Waals surface area contributed by atoms with E-state index < -0.39 is 6.10 Å². The highest BCUT2D eigenvalue weighted by Gasteiger charge is 2.09. The Morgan fingerprint density at radius 2 is 1.89 bits per heavy atom. The first-order valence-electron chi connectivity index (χ1n) is 6.56. The van der Waals surface area contributed by atoms with Crippen molar-refractivity contribution in [3.8, 4) is 0 Å². The van der Waals surface area contributed by atoms with Gasteiger partial charge >= 0.3 is 0 Å². The maximum absolute atomic E-state index is 13.4. The van der Waals surface area contributed by atoms with Crippen molar-refractivity contribution in [2.24, 2.45) is 0 Å². The van der Waals surface area contributed by atoms with E-state index in [1.807, 2.05) is 6.07 Å². The minimum absolute atomic E-state index is 0.257. The molecule has 0 spiro atoms. The molecule has 2 heteroatoms. The molecule has 1 nitrogen and oxygen atoms in total. The van der Waals surface area contributed by atoms with Crippen LogP contribution >= 0.6 is 0 Å². The van der Waals surface area contributed by atoms with Gasteiger partial charge in [0.25, 0.3) is 0 Å². The Balaban J connectivity index is 2.01. The number of benzene rings is 2. The standard InChI is InChI=1S/C17H19FO/c1-12-4-3-5-14(10-12)7-9-17(19)15-8-6-13(2)16(18)11-15/h3-6,8,10-11,17,19H,7,9H2,1-2H3. The smallest absolute Gasteiger partial charge is 0.126 e. The van der Waals surface area contributed by atoms with Crippen LogP contribution < -0.4 is 0 Å². The summed E-state index contributed by atoms with van der Waals surface area (Å²) >= 11 is 0. The molecule has 1 unspecified atom stereocenters. The van der Waals surface area contributed by atoms with Crippen LogP contribution in [-0.2, 0) is 6.42 Å². The van der Waals surface area contributed by atoms with Gasteiger partial charge in [0, 0.05) is 0 Å². The quantitative estimate of drug-likeness (QED) is 0.875. The van der Waals surface area contributed by atoms with Gasteiger partial charge in [-0.3, -0.25) is 0 Å². The van der Waals surface area contributed by atoms with Crippen LogP contribution in [0.2, 0.25) is 0 Å². The summed E-state index contributed by atoms with van der Waals surface area (Å²) in [5.41, 5.74) is 3.67. The normalized spacial score (nSPS) is 12.4. The highest BCUT2D eigenvalue weighted by Crippen LogP contribution is 2.21. The Kier molecular flexibility index (Phi) is 4.33. The maximum atomic E-state index is 13.4. The lowest BCUT2D eigenvalue weighted by molar-refractivity contribution is 0.167. The zero-order chi connectivity index (χ0) is 13.8. The molecule has 2 aromatic rings. The number of hydrogen-bond acceptors (Lipinski definition) is 1. The fourth-order valence-electron chi connectivity index (χ4n) is 2.15. The van der Waals surface area contributed by atoms with Crippen LogP contribution in [0.3, 0.4) is 0 Å². The van der Waals surface area contributed by atoms with Crippen molar-refractivity contribution in [1.29, 1.82) is 0 Å². The van der Waals surface area contributed by atoms with Gasteiger partial charge in [0.15, 0.2) is 0 Å². The number of aryl methyl sites for hydroxylation is 3. The molecule has 0 saturated carbocycles. The molecule has 0 aromatic heterocycles. The molecule has 0 fully saturated rings. The van der Waals surface area contributed by atoms with Gasteiger partial charge in [-0.2, -0.15) is 0 Å². The number of aliphatic hydroxyl groups excluding tert-OH is 1. The first kappa shape index (κ1) is 13.8. The Morgan fingerprint density at radius 1 is 1.11 bits per heavy atom. The highest BCUT2D eigenvalue weighted by atomic mass is 19.1. The zero-order valence-electron chi connectivity index (χ0n) is 11.4. The van der Waals surface area contributed by atoms with E-state index in [0.29, 0.717) is 17.5 Å². The monoisotopic (exact) mass is 258 g/mol. The summed E-state index contributed by atoms with van der Waals surface area (Å²) in [4.78, 5) is 0. The Labute approximate surface area is 113 Å². The summed E-state index contributed by atoms with van der Waals surface area (Å²) in [5.74, 6) is -0.257.